The van der Waals surface area contributed by atoms with Gasteiger partial charge in [-0.1, -0.05) is 15.9 Å². The van der Waals surface area contributed by atoms with E-state index in [4.69, 9.17) is 6.42 Å². The van der Waals surface area contributed by atoms with Gasteiger partial charge in [0.2, 0.25) is 0 Å². The van der Waals surface area contributed by atoms with Gasteiger partial charge < -0.3 is 5.32 Å². The van der Waals surface area contributed by atoms with Gasteiger partial charge in [-0.15, -0.1) is 12.3 Å². The number of benzene rings is 1. The fourth-order valence-corrected chi connectivity index (χ4v) is 2.08. The predicted molar refractivity (Wildman–Crippen MR) is 75.2 cm³/mol. The van der Waals surface area contributed by atoms with Crippen molar-refractivity contribution in [1.82, 2.24) is 5.32 Å². The monoisotopic (exact) mass is 310 g/mol. The van der Waals surface area contributed by atoms with Crippen LogP contribution in [0.3, 0.4) is 0 Å². The van der Waals surface area contributed by atoms with E-state index < -0.39 is 0 Å². The van der Waals surface area contributed by atoms with Crippen molar-refractivity contribution in [2.75, 3.05) is 6.54 Å². The number of nitro groups is 1. The molecule has 0 spiro atoms. The second-order valence-electron chi connectivity index (χ2n) is 3.91. The Bertz CT molecular complexity index is 455. The molecule has 0 radical (unpaired) electrons. The fourth-order valence-electron chi connectivity index (χ4n) is 1.55. The summed E-state index contributed by atoms with van der Waals surface area (Å²) in [5.74, 6) is 2.59. The zero-order chi connectivity index (χ0) is 13.4. The lowest BCUT2D eigenvalue weighted by molar-refractivity contribution is -0.385. The van der Waals surface area contributed by atoms with Gasteiger partial charge in [-0.2, -0.15) is 0 Å². The molecule has 0 aliphatic carbocycles. The first-order valence-electron chi connectivity index (χ1n) is 5.71. The average Bonchev–Trinajstić information content (AvgIpc) is 2.33. The van der Waals surface area contributed by atoms with E-state index >= 15 is 0 Å². The molecule has 4 nitrogen and oxygen atoms in total. The molecule has 0 saturated carbocycles. The van der Waals surface area contributed by atoms with E-state index in [2.05, 4.69) is 27.2 Å². The minimum atomic E-state index is -0.388. The van der Waals surface area contributed by atoms with Crippen LogP contribution in [0.4, 0.5) is 5.69 Å². The molecule has 0 atom stereocenters. The number of hydrogen-bond acceptors (Lipinski definition) is 3. The number of nitro benzene ring substituents is 1. The second kappa shape index (κ2) is 7.85. The van der Waals surface area contributed by atoms with Gasteiger partial charge in [0, 0.05) is 29.6 Å². The topological polar surface area (TPSA) is 55.2 Å². The Balaban J connectivity index is 2.43. The summed E-state index contributed by atoms with van der Waals surface area (Å²) in [6.07, 6.45) is 7.97. The molecule has 0 aliphatic rings. The summed E-state index contributed by atoms with van der Waals surface area (Å²) in [7, 11) is 0. The maximum absolute atomic E-state index is 10.7. The highest BCUT2D eigenvalue weighted by atomic mass is 79.9. The predicted octanol–water partition coefficient (Wildman–Crippen LogP) is 3.25. The van der Waals surface area contributed by atoms with Crippen LogP contribution in [-0.2, 0) is 6.54 Å². The SMILES string of the molecule is C#CCCCCNCc1cc(Br)cc([N+](=O)[O-])c1. The Labute approximate surface area is 115 Å². The first-order valence-corrected chi connectivity index (χ1v) is 6.51. The minimum absolute atomic E-state index is 0.105. The molecule has 0 bridgehead atoms. The van der Waals surface area contributed by atoms with Gasteiger partial charge >= 0.3 is 0 Å². The molecule has 96 valence electrons. The summed E-state index contributed by atoms with van der Waals surface area (Å²) in [4.78, 5) is 10.3. The van der Waals surface area contributed by atoms with E-state index in [0.717, 1.165) is 35.8 Å². The van der Waals surface area contributed by atoms with Crippen molar-refractivity contribution in [1.29, 1.82) is 0 Å². The maximum atomic E-state index is 10.7. The van der Waals surface area contributed by atoms with Crippen molar-refractivity contribution in [2.45, 2.75) is 25.8 Å². The number of unbranched alkanes of at least 4 members (excludes halogenated alkanes) is 2. The standard InChI is InChI=1S/C13H15BrN2O2/c1-2-3-4-5-6-15-10-11-7-12(14)9-13(8-11)16(17)18/h1,7-9,15H,3-6,10H2. The summed E-state index contributed by atoms with van der Waals surface area (Å²) >= 11 is 3.27. The first-order chi connectivity index (χ1) is 8.63. The summed E-state index contributed by atoms with van der Waals surface area (Å²) in [5.41, 5.74) is 1.00. The summed E-state index contributed by atoms with van der Waals surface area (Å²) in [6, 6.07) is 4.96. The van der Waals surface area contributed by atoms with Gasteiger partial charge in [-0.05, 0) is 31.0 Å². The van der Waals surface area contributed by atoms with E-state index in [-0.39, 0.29) is 10.6 Å². The van der Waals surface area contributed by atoms with Crippen LogP contribution < -0.4 is 5.32 Å². The van der Waals surface area contributed by atoms with Crippen molar-refractivity contribution in [3.63, 3.8) is 0 Å². The Kier molecular flexibility index (Phi) is 6.40. The molecule has 5 heteroatoms. The van der Waals surface area contributed by atoms with Crippen molar-refractivity contribution in [2.24, 2.45) is 0 Å². The van der Waals surface area contributed by atoms with Crippen LogP contribution in [0.1, 0.15) is 24.8 Å². The third-order valence-electron chi connectivity index (χ3n) is 2.41. The van der Waals surface area contributed by atoms with Gasteiger partial charge in [0.1, 0.15) is 0 Å². The van der Waals surface area contributed by atoms with Crippen LogP contribution in [0, 0.1) is 22.5 Å². The Morgan fingerprint density at radius 3 is 2.83 bits per heavy atom. The number of non-ortho nitro benzene ring substituents is 1. The maximum Gasteiger partial charge on any atom is 0.270 e. The third-order valence-corrected chi connectivity index (χ3v) is 2.86. The van der Waals surface area contributed by atoms with Crippen LogP contribution in [0.15, 0.2) is 22.7 Å². The lowest BCUT2D eigenvalue weighted by Gasteiger charge is -2.05. The fraction of sp³-hybridized carbons (Fsp3) is 0.385. The molecule has 0 heterocycles. The normalized spacial score (nSPS) is 10.0. The molecule has 0 fully saturated rings. The highest BCUT2D eigenvalue weighted by Crippen LogP contribution is 2.21. The summed E-state index contributed by atoms with van der Waals surface area (Å²) < 4.78 is 0.723. The van der Waals surface area contributed by atoms with Crippen LogP contribution in [0.2, 0.25) is 0 Å². The van der Waals surface area contributed by atoms with Gasteiger partial charge in [0.15, 0.2) is 0 Å². The lowest BCUT2D eigenvalue weighted by Crippen LogP contribution is -2.14. The van der Waals surface area contributed by atoms with Crippen molar-refractivity contribution in [3.05, 3.63) is 38.3 Å². The molecule has 0 amide bonds. The Morgan fingerprint density at radius 2 is 2.17 bits per heavy atom. The summed E-state index contributed by atoms with van der Waals surface area (Å²) in [5, 5.41) is 13.9. The number of nitrogens with zero attached hydrogens (tertiary/aromatic N) is 1. The van der Waals surface area contributed by atoms with Crippen LogP contribution >= 0.6 is 15.9 Å². The van der Waals surface area contributed by atoms with E-state index in [9.17, 15) is 10.1 Å². The Hall–Kier alpha value is -1.38. The Morgan fingerprint density at radius 1 is 1.39 bits per heavy atom. The molecule has 1 rings (SSSR count). The van der Waals surface area contributed by atoms with Crippen LogP contribution in [0.5, 0.6) is 0 Å². The second-order valence-corrected chi connectivity index (χ2v) is 4.83. The molecule has 0 unspecified atom stereocenters. The average molecular weight is 311 g/mol. The quantitative estimate of drug-likeness (QED) is 0.364. The van der Waals surface area contributed by atoms with E-state index in [1.807, 2.05) is 6.07 Å². The van der Waals surface area contributed by atoms with Gasteiger partial charge in [-0.3, -0.25) is 10.1 Å². The smallest absolute Gasteiger partial charge is 0.270 e. The number of nitrogens with one attached hydrogen (secondary N) is 1. The number of rotatable bonds is 7. The molecule has 1 aromatic carbocycles. The molecule has 0 saturated heterocycles. The highest BCUT2D eigenvalue weighted by molar-refractivity contribution is 9.10. The first kappa shape index (κ1) is 14.7. The lowest BCUT2D eigenvalue weighted by atomic mass is 10.2. The molecule has 0 aromatic heterocycles. The van der Waals surface area contributed by atoms with E-state index in [0.29, 0.717) is 6.54 Å². The van der Waals surface area contributed by atoms with Crippen molar-refractivity contribution >= 4 is 21.6 Å². The molecule has 18 heavy (non-hydrogen) atoms. The zero-order valence-electron chi connectivity index (χ0n) is 9.99. The molecular weight excluding hydrogens is 296 g/mol. The van der Waals surface area contributed by atoms with Crippen molar-refractivity contribution in [3.8, 4) is 12.3 Å². The van der Waals surface area contributed by atoms with E-state index in [1.165, 1.54) is 6.07 Å². The molecular formula is C13H15BrN2O2. The largest absolute Gasteiger partial charge is 0.313 e. The summed E-state index contributed by atoms with van der Waals surface area (Å²) in [6.45, 7) is 1.48. The highest BCUT2D eigenvalue weighted by Gasteiger charge is 2.08. The van der Waals surface area contributed by atoms with Crippen LogP contribution in [0.25, 0.3) is 0 Å². The molecule has 1 aromatic rings. The number of hydrogen-bond donors (Lipinski definition) is 1. The van der Waals surface area contributed by atoms with Gasteiger partial charge in [0.25, 0.3) is 5.69 Å². The van der Waals surface area contributed by atoms with Gasteiger partial charge in [0.05, 0.1) is 4.92 Å². The molecule has 1 N–H and O–H groups in total. The number of halogens is 1. The van der Waals surface area contributed by atoms with Crippen molar-refractivity contribution < 1.29 is 4.92 Å². The van der Waals surface area contributed by atoms with E-state index in [1.54, 1.807) is 6.07 Å². The zero-order valence-corrected chi connectivity index (χ0v) is 11.6. The van der Waals surface area contributed by atoms with Crippen LogP contribution in [-0.4, -0.2) is 11.5 Å². The minimum Gasteiger partial charge on any atom is -0.313 e. The molecule has 0 aliphatic heterocycles. The number of terminal acetylenes is 1. The van der Waals surface area contributed by atoms with Gasteiger partial charge in [-0.25, -0.2) is 0 Å². The third kappa shape index (κ3) is 5.30.